The lowest BCUT2D eigenvalue weighted by Gasteiger charge is -2.27. The molecule has 4 rings (SSSR count). The Hall–Kier alpha value is -2.47. The summed E-state index contributed by atoms with van der Waals surface area (Å²) < 4.78 is 29.4. The number of rotatable bonds is 2. The molecule has 0 aliphatic carbocycles. The van der Waals surface area contributed by atoms with Gasteiger partial charge in [-0.3, -0.25) is 0 Å². The zero-order valence-corrected chi connectivity index (χ0v) is 12.5. The van der Waals surface area contributed by atoms with Gasteiger partial charge in [-0.05, 0) is 24.3 Å². The normalized spacial score (nSPS) is 15.3. The maximum Gasteiger partial charge on any atom is 0.159 e. The van der Waals surface area contributed by atoms with E-state index in [0.29, 0.717) is 11.2 Å². The molecule has 118 valence electrons. The van der Waals surface area contributed by atoms with Crippen LogP contribution in [0.4, 0.5) is 14.6 Å². The molecule has 0 radical (unpaired) electrons. The predicted molar refractivity (Wildman–Crippen MR) is 86.1 cm³/mol. The van der Waals surface area contributed by atoms with Gasteiger partial charge in [-0.15, -0.1) is 5.10 Å². The first-order valence-corrected chi connectivity index (χ1v) is 7.63. The topological polar surface area (TPSA) is 33.1 Å². The van der Waals surface area contributed by atoms with Crippen LogP contribution in [-0.2, 0) is 0 Å². The Morgan fingerprint density at radius 2 is 1.78 bits per heavy atom. The smallest absolute Gasteiger partial charge is 0.159 e. The Morgan fingerprint density at radius 3 is 2.57 bits per heavy atom. The van der Waals surface area contributed by atoms with Crippen LogP contribution < -0.4 is 10.2 Å². The minimum atomic E-state index is -0.381. The van der Waals surface area contributed by atoms with E-state index in [1.807, 2.05) is 0 Å². The molecular formula is C17H16F2N4. The minimum absolute atomic E-state index is 0.324. The average Bonchev–Trinajstić information content (AvgIpc) is 2.94. The number of hydrogen-bond donors (Lipinski definition) is 1. The minimum Gasteiger partial charge on any atom is -0.352 e. The fraction of sp³-hybridized carbons (Fsp3) is 0.235. The van der Waals surface area contributed by atoms with Gasteiger partial charge >= 0.3 is 0 Å². The number of nitrogens with zero attached hydrogens (tertiary/aromatic N) is 3. The Balaban J connectivity index is 1.93. The van der Waals surface area contributed by atoms with Crippen molar-refractivity contribution >= 4 is 16.7 Å². The molecule has 1 N–H and O–H groups in total. The summed E-state index contributed by atoms with van der Waals surface area (Å²) in [6, 6.07) is 10.9. The van der Waals surface area contributed by atoms with Crippen molar-refractivity contribution in [2.24, 2.45) is 0 Å². The monoisotopic (exact) mass is 314 g/mol. The highest BCUT2D eigenvalue weighted by Gasteiger charge is 2.20. The van der Waals surface area contributed by atoms with Gasteiger partial charge in [0.1, 0.15) is 17.3 Å². The molecule has 1 aliphatic rings. The number of aromatic nitrogens is 2. The van der Waals surface area contributed by atoms with Gasteiger partial charge in [0.05, 0.1) is 5.52 Å². The van der Waals surface area contributed by atoms with Crippen LogP contribution >= 0.6 is 0 Å². The van der Waals surface area contributed by atoms with E-state index in [0.717, 1.165) is 37.4 Å². The van der Waals surface area contributed by atoms with Crippen molar-refractivity contribution in [1.29, 1.82) is 0 Å². The summed E-state index contributed by atoms with van der Waals surface area (Å²) in [7, 11) is 0. The molecule has 0 spiro atoms. The van der Waals surface area contributed by atoms with Crippen LogP contribution in [0.3, 0.4) is 0 Å². The highest BCUT2D eigenvalue weighted by atomic mass is 19.1. The number of para-hydroxylation sites is 1. The molecule has 6 heteroatoms. The van der Waals surface area contributed by atoms with E-state index in [9.17, 15) is 8.78 Å². The predicted octanol–water partition coefficient (Wildman–Crippen LogP) is 2.71. The van der Waals surface area contributed by atoms with Gasteiger partial charge in [-0.1, -0.05) is 12.1 Å². The van der Waals surface area contributed by atoms with Crippen molar-refractivity contribution in [3.05, 3.63) is 54.1 Å². The molecule has 23 heavy (non-hydrogen) atoms. The van der Waals surface area contributed by atoms with E-state index >= 15 is 0 Å². The molecule has 0 saturated carbocycles. The van der Waals surface area contributed by atoms with Crippen LogP contribution in [0.25, 0.3) is 16.6 Å². The standard InChI is InChI=1S/C17H16F2N4/c18-12-5-6-13-16(11-12)23(15-4-2-1-3-14(15)19)21-17(13)22-9-7-20-8-10-22/h1-6,11,20H,7-10H2. The second kappa shape index (κ2) is 5.62. The molecule has 1 saturated heterocycles. The van der Waals surface area contributed by atoms with E-state index in [2.05, 4.69) is 15.3 Å². The quantitative estimate of drug-likeness (QED) is 0.789. The fourth-order valence-electron chi connectivity index (χ4n) is 2.99. The van der Waals surface area contributed by atoms with Gasteiger partial charge in [0, 0.05) is 37.6 Å². The van der Waals surface area contributed by atoms with Crippen LogP contribution in [0.1, 0.15) is 0 Å². The van der Waals surface area contributed by atoms with Crippen LogP contribution in [0, 0.1) is 11.6 Å². The molecule has 0 amide bonds. The number of nitrogens with one attached hydrogen (secondary N) is 1. The van der Waals surface area contributed by atoms with Crippen molar-refractivity contribution in [3.63, 3.8) is 0 Å². The van der Waals surface area contributed by atoms with Crippen molar-refractivity contribution in [1.82, 2.24) is 15.1 Å². The van der Waals surface area contributed by atoms with Gasteiger partial charge in [0.2, 0.25) is 0 Å². The molecule has 1 aromatic heterocycles. The van der Waals surface area contributed by atoms with Gasteiger partial charge in [0.25, 0.3) is 0 Å². The average molecular weight is 314 g/mol. The second-order valence-corrected chi connectivity index (χ2v) is 5.59. The summed E-state index contributed by atoms with van der Waals surface area (Å²) in [5.74, 6) is 0.0274. The molecule has 3 aromatic rings. The lowest BCUT2D eigenvalue weighted by Crippen LogP contribution is -2.43. The van der Waals surface area contributed by atoms with E-state index in [4.69, 9.17) is 0 Å². The van der Waals surface area contributed by atoms with E-state index in [-0.39, 0.29) is 11.6 Å². The molecule has 0 bridgehead atoms. The molecule has 1 aliphatic heterocycles. The number of fused-ring (bicyclic) bond motifs is 1. The Labute approximate surface area is 132 Å². The van der Waals surface area contributed by atoms with Gasteiger partial charge < -0.3 is 10.2 Å². The maximum absolute atomic E-state index is 14.2. The molecule has 0 atom stereocenters. The SMILES string of the molecule is Fc1ccc2c(N3CCNCC3)nn(-c3ccccc3F)c2c1. The van der Waals surface area contributed by atoms with Crippen molar-refractivity contribution in [3.8, 4) is 5.69 Å². The molecule has 4 nitrogen and oxygen atoms in total. The number of halogens is 2. The number of piperazine rings is 1. The lowest BCUT2D eigenvalue weighted by molar-refractivity contribution is 0.581. The van der Waals surface area contributed by atoms with E-state index in [1.165, 1.54) is 22.9 Å². The maximum atomic E-state index is 14.2. The van der Waals surface area contributed by atoms with Gasteiger partial charge in [0.15, 0.2) is 5.82 Å². The summed E-state index contributed by atoms with van der Waals surface area (Å²) in [5, 5.41) is 8.72. The Kier molecular flexibility index (Phi) is 3.46. The zero-order chi connectivity index (χ0) is 15.8. The lowest BCUT2D eigenvalue weighted by atomic mass is 10.2. The van der Waals surface area contributed by atoms with Crippen LogP contribution in [0.15, 0.2) is 42.5 Å². The summed E-state index contributed by atoms with van der Waals surface area (Å²) in [6.07, 6.45) is 0. The van der Waals surface area contributed by atoms with Crippen molar-refractivity contribution < 1.29 is 8.78 Å². The Bertz CT molecular complexity index is 853. The van der Waals surface area contributed by atoms with E-state index in [1.54, 1.807) is 24.3 Å². The Morgan fingerprint density at radius 1 is 1.00 bits per heavy atom. The van der Waals surface area contributed by atoms with Gasteiger partial charge in [-0.2, -0.15) is 0 Å². The molecule has 2 aromatic carbocycles. The number of hydrogen-bond acceptors (Lipinski definition) is 3. The van der Waals surface area contributed by atoms with Crippen LogP contribution in [0.5, 0.6) is 0 Å². The third-order valence-corrected chi connectivity index (χ3v) is 4.12. The first kappa shape index (κ1) is 14.1. The second-order valence-electron chi connectivity index (χ2n) is 5.59. The number of anilines is 1. The third kappa shape index (κ3) is 2.45. The summed E-state index contributed by atoms with van der Waals surface area (Å²) in [5.41, 5.74) is 0.896. The van der Waals surface area contributed by atoms with Crippen LogP contribution in [-0.4, -0.2) is 36.0 Å². The first-order valence-electron chi connectivity index (χ1n) is 7.63. The summed E-state index contributed by atoms with van der Waals surface area (Å²) in [6.45, 7) is 3.38. The highest BCUT2D eigenvalue weighted by molar-refractivity contribution is 5.92. The summed E-state index contributed by atoms with van der Waals surface area (Å²) >= 11 is 0. The van der Waals surface area contributed by atoms with Gasteiger partial charge in [-0.25, -0.2) is 13.5 Å². The van der Waals surface area contributed by atoms with E-state index < -0.39 is 0 Å². The molecular weight excluding hydrogens is 298 g/mol. The third-order valence-electron chi connectivity index (χ3n) is 4.12. The first-order chi connectivity index (χ1) is 11.2. The van der Waals surface area contributed by atoms with Crippen LogP contribution in [0.2, 0.25) is 0 Å². The van der Waals surface area contributed by atoms with Crippen molar-refractivity contribution in [2.75, 3.05) is 31.1 Å². The summed E-state index contributed by atoms with van der Waals surface area (Å²) in [4.78, 5) is 2.15. The van der Waals surface area contributed by atoms with Crippen molar-refractivity contribution in [2.45, 2.75) is 0 Å². The molecule has 0 unspecified atom stereocenters. The highest BCUT2D eigenvalue weighted by Crippen LogP contribution is 2.30. The number of benzene rings is 2. The molecule has 1 fully saturated rings. The fourth-order valence-corrected chi connectivity index (χ4v) is 2.99. The molecule has 2 heterocycles. The zero-order valence-electron chi connectivity index (χ0n) is 12.5. The largest absolute Gasteiger partial charge is 0.352 e.